The molecular weight excluding hydrogens is 273 g/mol. The molecule has 2 atom stereocenters. The Labute approximate surface area is 122 Å². The zero-order chi connectivity index (χ0) is 15.5. The van der Waals surface area contributed by atoms with Crippen molar-refractivity contribution in [2.24, 2.45) is 10.8 Å². The first-order valence-corrected chi connectivity index (χ1v) is 7.04. The second-order valence-electron chi connectivity index (χ2n) is 6.61. The fraction of sp³-hybridized carbons (Fsp3) is 0.500. The van der Waals surface area contributed by atoms with Gasteiger partial charge in [0.2, 0.25) is 0 Å². The van der Waals surface area contributed by atoms with Crippen LogP contribution in [0.1, 0.15) is 33.6 Å². The number of para-hydroxylation sites is 1. The van der Waals surface area contributed by atoms with Gasteiger partial charge >= 0.3 is 5.97 Å². The van der Waals surface area contributed by atoms with E-state index in [1.165, 1.54) is 12.1 Å². The summed E-state index contributed by atoms with van der Waals surface area (Å²) in [5.74, 6) is -1.31. The van der Waals surface area contributed by atoms with Crippen LogP contribution in [0.4, 0.5) is 10.1 Å². The minimum Gasteiger partial charge on any atom is -0.448 e. The summed E-state index contributed by atoms with van der Waals surface area (Å²) in [5.41, 5.74) is -2.42. The van der Waals surface area contributed by atoms with Crippen molar-refractivity contribution in [3.05, 3.63) is 30.1 Å². The monoisotopic (exact) mass is 291 g/mol. The number of hydrogen-bond donors (Lipinski definition) is 1. The highest BCUT2D eigenvalue weighted by atomic mass is 19.1. The van der Waals surface area contributed by atoms with Crippen LogP contribution in [0.15, 0.2) is 24.3 Å². The van der Waals surface area contributed by atoms with Crippen LogP contribution in [-0.2, 0) is 14.3 Å². The predicted molar refractivity (Wildman–Crippen MR) is 75.0 cm³/mol. The van der Waals surface area contributed by atoms with Gasteiger partial charge in [-0.2, -0.15) is 0 Å². The van der Waals surface area contributed by atoms with Crippen molar-refractivity contribution in [1.82, 2.24) is 0 Å². The van der Waals surface area contributed by atoms with E-state index in [4.69, 9.17) is 4.74 Å². The van der Waals surface area contributed by atoms with Crippen LogP contribution >= 0.6 is 0 Å². The molecular formula is C16H18FNO3. The Balaban J connectivity index is 1.96. The molecule has 0 aromatic heterocycles. The summed E-state index contributed by atoms with van der Waals surface area (Å²) < 4.78 is 19.2. The van der Waals surface area contributed by atoms with Crippen LogP contribution in [0.3, 0.4) is 0 Å². The molecule has 2 aliphatic rings. The Morgan fingerprint density at radius 2 is 1.90 bits per heavy atom. The molecule has 2 bridgehead atoms. The molecule has 112 valence electrons. The summed E-state index contributed by atoms with van der Waals surface area (Å²) in [6.45, 7) is 5.57. The van der Waals surface area contributed by atoms with Crippen LogP contribution in [0.25, 0.3) is 0 Å². The molecule has 1 heterocycles. The fourth-order valence-corrected chi connectivity index (χ4v) is 3.53. The van der Waals surface area contributed by atoms with Crippen molar-refractivity contribution >= 4 is 17.6 Å². The highest BCUT2D eigenvalue weighted by Crippen LogP contribution is 2.65. The van der Waals surface area contributed by atoms with Crippen molar-refractivity contribution in [2.75, 3.05) is 5.32 Å². The maximum atomic E-state index is 13.7. The molecule has 1 amide bonds. The minimum absolute atomic E-state index is 0.101. The largest absolute Gasteiger partial charge is 0.448 e. The fourth-order valence-electron chi connectivity index (χ4n) is 3.53. The second-order valence-corrected chi connectivity index (χ2v) is 6.61. The number of esters is 1. The van der Waals surface area contributed by atoms with Gasteiger partial charge < -0.3 is 10.1 Å². The standard InChI is InChI=1S/C16H18FNO3/c1-14(2)15(3)8-9-16(14,21-13(15)20)12(19)18-11-7-5-4-6-10(11)17/h4-7H,8-9H2,1-3H3,(H,18,19)/t15-,16-/m0/s1. The van der Waals surface area contributed by atoms with Crippen LogP contribution in [-0.4, -0.2) is 17.5 Å². The average Bonchev–Trinajstić information content (AvgIpc) is 2.72. The summed E-state index contributed by atoms with van der Waals surface area (Å²) >= 11 is 0. The van der Waals surface area contributed by atoms with Gasteiger partial charge in [0, 0.05) is 5.41 Å². The Hall–Kier alpha value is -1.91. The lowest BCUT2D eigenvalue weighted by molar-refractivity contribution is -0.165. The molecule has 1 aromatic rings. The maximum Gasteiger partial charge on any atom is 0.313 e. The molecule has 1 aromatic carbocycles. The molecule has 1 N–H and O–H groups in total. The number of hydrogen-bond acceptors (Lipinski definition) is 3. The number of carbonyl (C=O) groups is 2. The van der Waals surface area contributed by atoms with E-state index in [2.05, 4.69) is 5.32 Å². The molecule has 0 unspecified atom stereocenters. The van der Waals surface area contributed by atoms with E-state index in [1.54, 1.807) is 12.1 Å². The molecule has 3 rings (SSSR count). The maximum absolute atomic E-state index is 13.7. The van der Waals surface area contributed by atoms with Crippen LogP contribution < -0.4 is 5.32 Å². The molecule has 21 heavy (non-hydrogen) atoms. The first kappa shape index (κ1) is 14.0. The van der Waals surface area contributed by atoms with Crippen LogP contribution in [0.5, 0.6) is 0 Å². The Kier molecular flexibility index (Phi) is 2.71. The Morgan fingerprint density at radius 3 is 2.43 bits per heavy atom. The lowest BCUT2D eigenvalue weighted by atomic mass is 9.66. The minimum atomic E-state index is -1.22. The van der Waals surface area contributed by atoms with Crippen molar-refractivity contribution in [3.8, 4) is 0 Å². The number of rotatable bonds is 2. The molecule has 5 heteroatoms. The van der Waals surface area contributed by atoms with E-state index in [-0.39, 0.29) is 11.7 Å². The average molecular weight is 291 g/mol. The summed E-state index contributed by atoms with van der Waals surface area (Å²) in [5, 5.41) is 2.57. The van der Waals surface area contributed by atoms with Gasteiger partial charge in [0.1, 0.15) is 5.82 Å². The SMILES string of the molecule is CC1(C)[C@@]2(C)CC[C@@]1(C(=O)Nc1ccccc1F)OC2=O. The van der Waals surface area contributed by atoms with Gasteiger partial charge in [-0.1, -0.05) is 26.0 Å². The molecule has 1 saturated heterocycles. The molecule has 1 aliphatic carbocycles. The van der Waals surface area contributed by atoms with Crippen LogP contribution in [0.2, 0.25) is 0 Å². The van der Waals surface area contributed by atoms with E-state index < -0.39 is 28.2 Å². The van der Waals surface area contributed by atoms with Crippen molar-refractivity contribution in [3.63, 3.8) is 0 Å². The molecule has 0 radical (unpaired) electrons. The predicted octanol–water partition coefficient (Wildman–Crippen LogP) is 2.89. The molecule has 0 spiro atoms. The van der Waals surface area contributed by atoms with Gasteiger partial charge in [-0.05, 0) is 31.9 Å². The van der Waals surface area contributed by atoms with E-state index in [0.29, 0.717) is 12.8 Å². The Morgan fingerprint density at radius 1 is 1.24 bits per heavy atom. The number of carbonyl (C=O) groups excluding carboxylic acids is 2. The van der Waals surface area contributed by atoms with Crippen molar-refractivity contribution in [2.45, 2.75) is 39.2 Å². The third-order valence-corrected chi connectivity index (χ3v) is 5.57. The number of halogens is 1. The second kappa shape index (κ2) is 4.06. The quantitative estimate of drug-likeness (QED) is 0.852. The zero-order valence-electron chi connectivity index (χ0n) is 12.3. The number of ether oxygens (including phenoxy) is 1. The Bertz CT molecular complexity index is 642. The lowest BCUT2D eigenvalue weighted by Crippen LogP contribution is -2.50. The third-order valence-electron chi connectivity index (χ3n) is 5.57. The van der Waals surface area contributed by atoms with Crippen LogP contribution in [0, 0.1) is 16.6 Å². The topological polar surface area (TPSA) is 55.4 Å². The molecule has 1 saturated carbocycles. The van der Waals surface area contributed by atoms with Gasteiger partial charge in [0.25, 0.3) is 5.91 Å². The van der Waals surface area contributed by atoms with E-state index in [9.17, 15) is 14.0 Å². The lowest BCUT2D eigenvalue weighted by Gasteiger charge is -2.35. The van der Waals surface area contributed by atoms with Gasteiger partial charge in [0.05, 0.1) is 11.1 Å². The molecule has 2 fully saturated rings. The summed E-state index contributed by atoms with van der Waals surface area (Å²) in [6.07, 6.45) is 1.06. The number of nitrogens with one attached hydrogen (secondary N) is 1. The third kappa shape index (κ3) is 1.54. The molecule has 4 nitrogen and oxygen atoms in total. The number of fused-ring (bicyclic) bond motifs is 2. The number of anilines is 1. The highest BCUT2D eigenvalue weighted by molar-refractivity contribution is 6.03. The van der Waals surface area contributed by atoms with Crippen molar-refractivity contribution in [1.29, 1.82) is 0 Å². The smallest absolute Gasteiger partial charge is 0.313 e. The van der Waals surface area contributed by atoms with Gasteiger partial charge in [-0.25, -0.2) is 4.39 Å². The molecule has 1 aliphatic heterocycles. The summed E-state index contributed by atoms with van der Waals surface area (Å²) in [7, 11) is 0. The number of benzene rings is 1. The summed E-state index contributed by atoms with van der Waals surface area (Å²) in [4.78, 5) is 24.8. The first-order valence-electron chi connectivity index (χ1n) is 7.04. The van der Waals surface area contributed by atoms with Crippen molar-refractivity contribution < 1.29 is 18.7 Å². The van der Waals surface area contributed by atoms with E-state index in [0.717, 1.165) is 0 Å². The summed E-state index contributed by atoms with van der Waals surface area (Å²) in [6, 6.07) is 5.95. The van der Waals surface area contributed by atoms with Gasteiger partial charge in [-0.15, -0.1) is 0 Å². The zero-order valence-corrected chi connectivity index (χ0v) is 12.3. The van der Waals surface area contributed by atoms with Gasteiger partial charge in [0.15, 0.2) is 5.60 Å². The van der Waals surface area contributed by atoms with Gasteiger partial charge in [-0.3, -0.25) is 9.59 Å². The van der Waals surface area contributed by atoms with E-state index in [1.807, 2.05) is 20.8 Å². The number of amides is 1. The normalized spacial score (nSPS) is 32.9. The van der Waals surface area contributed by atoms with E-state index >= 15 is 0 Å². The first-order chi connectivity index (χ1) is 9.74. The highest BCUT2D eigenvalue weighted by Gasteiger charge is 2.75.